The van der Waals surface area contributed by atoms with Gasteiger partial charge in [0, 0.05) is 5.92 Å². The molecule has 2 aromatic rings. The molecule has 22 heavy (non-hydrogen) atoms. The molecule has 0 aromatic heterocycles. The van der Waals surface area contributed by atoms with Gasteiger partial charge in [0.15, 0.2) is 0 Å². The van der Waals surface area contributed by atoms with E-state index in [1.54, 1.807) is 12.1 Å². The van der Waals surface area contributed by atoms with Gasteiger partial charge in [0.2, 0.25) is 5.91 Å². The third kappa shape index (κ3) is 3.17. The topological polar surface area (TPSA) is 49.3 Å². The van der Waals surface area contributed by atoms with Gasteiger partial charge in [-0.3, -0.25) is 4.79 Å². The van der Waals surface area contributed by atoms with Crippen molar-refractivity contribution in [3.63, 3.8) is 0 Å². The Hall–Kier alpha value is -2.20. The van der Waals surface area contributed by atoms with Crippen LogP contribution in [0.3, 0.4) is 0 Å². The highest BCUT2D eigenvalue weighted by molar-refractivity contribution is 5.83. The number of nitrogens with one attached hydrogen (secondary N) is 1. The molecule has 114 valence electrons. The number of aliphatic hydroxyl groups is 1. The molecule has 1 aliphatic rings. The molecule has 0 aliphatic heterocycles. The van der Waals surface area contributed by atoms with Gasteiger partial charge in [-0.25, -0.2) is 4.39 Å². The van der Waals surface area contributed by atoms with E-state index < -0.39 is 0 Å². The van der Waals surface area contributed by atoms with Gasteiger partial charge >= 0.3 is 0 Å². The van der Waals surface area contributed by atoms with Gasteiger partial charge in [-0.05, 0) is 35.6 Å². The summed E-state index contributed by atoms with van der Waals surface area (Å²) in [6.45, 7) is -0.135. The van der Waals surface area contributed by atoms with Gasteiger partial charge in [0.05, 0.1) is 12.6 Å². The summed E-state index contributed by atoms with van der Waals surface area (Å²) >= 11 is 0. The summed E-state index contributed by atoms with van der Waals surface area (Å²) in [4.78, 5) is 12.3. The molecule has 4 heteroatoms. The number of hydrogen-bond acceptors (Lipinski definition) is 2. The van der Waals surface area contributed by atoms with Gasteiger partial charge in [0.1, 0.15) is 5.82 Å². The molecule has 3 nitrogen and oxygen atoms in total. The van der Waals surface area contributed by atoms with Crippen LogP contribution in [0, 0.1) is 11.7 Å². The van der Waals surface area contributed by atoms with Crippen LogP contribution in [0.25, 0.3) is 0 Å². The summed E-state index contributed by atoms with van der Waals surface area (Å²) in [5, 5.41) is 12.4. The minimum absolute atomic E-state index is 0.0581. The first-order chi connectivity index (χ1) is 10.7. The molecule has 2 N–H and O–H groups in total. The van der Waals surface area contributed by atoms with Crippen LogP contribution in [-0.2, 0) is 4.79 Å². The van der Waals surface area contributed by atoms with Crippen LogP contribution >= 0.6 is 0 Å². The van der Waals surface area contributed by atoms with E-state index in [2.05, 4.69) is 5.32 Å². The van der Waals surface area contributed by atoms with Crippen molar-refractivity contribution in [2.45, 2.75) is 18.4 Å². The Labute approximate surface area is 128 Å². The van der Waals surface area contributed by atoms with Gasteiger partial charge in [-0.2, -0.15) is 0 Å². The Bertz CT molecular complexity index is 642. The van der Waals surface area contributed by atoms with Crippen molar-refractivity contribution < 1.29 is 14.3 Å². The molecule has 0 spiro atoms. The molecule has 3 rings (SSSR count). The number of benzene rings is 2. The highest BCUT2D eigenvalue weighted by atomic mass is 19.1. The Morgan fingerprint density at radius 3 is 2.50 bits per heavy atom. The lowest BCUT2D eigenvalue weighted by atomic mass is 10.1. The maximum atomic E-state index is 12.9. The molecular weight excluding hydrogens is 281 g/mol. The minimum atomic E-state index is -0.386. The summed E-state index contributed by atoms with van der Waals surface area (Å²) in [5.41, 5.74) is 1.87. The first-order valence-corrected chi connectivity index (χ1v) is 7.40. The Kier molecular flexibility index (Phi) is 4.20. The predicted molar refractivity (Wildman–Crippen MR) is 81.7 cm³/mol. The highest BCUT2D eigenvalue weighted by Gasteiger charge is 2.44. The monoisotopic (exact) mass is 299 g/mol. The first kappa shape index (κ1) is 14.7. The molecule has 0 radical (unpaired) electrons. The molecule has 1 fully saturated rings. The fourth-order valence-electron chi connectivity index (χ4n) is 2.76. The van der Waals surface area contributed by atoms with Crippen LogP contribution in [-0.4, -0.2) is 17.6 Å². The number of amides is 1. The van der Waals surface area contributed by atoms with Crippen LogP contribution < -0.4 is 5.32 Å². The Morgan fingerprint density at radius 1 is 1.18 bits per heavy atom. The summed E-state index contributed by atoms with van der Waals surface area (Å²) < 4.78 is 12.9. The van der Waals surface area contributed by atoms with Gasteiger partial charge < -0.3 is 10.4 Å². The molecule has 1 saturated carbocycles. The Morgan fingerprint density at radius 2 is 1.86 bits per heavy atom. The van der Waals surface area contributed by atoms with Gasteiger partial charge in [0.25, 0.3) is 0 Å². The van der Waals surface area contributed by atoms with E-state index in [0.717, 1.165) is 17.5 Å². The molecule has 0 saturated heterocycles. The molecule has 2 aromatic carbocycles. The molecular formula is C18H18FNO2. The SMILES string of the molecule is O=C(N[C@@H](CO)c1ccccc1)[C@@H]1C[C@H]1c1ccc(F)cc1. The predicted octanol–water partition coefficient (Wildman–Crippen LogP) is 2.78. The van der Waals surface area contributed by atoms with E-state index in [9.17, 15) is 14.3 Å². The summed E-state index contributed by atoms with van der Waals surface area (Å²) in [6.07, 6.45) is 0.768. The molecule has 0 unspecified atom stereocenters. The number of carbonyl (C=O) groups excluding carboxylic acids is 1. The van der Waals surface area contributed by atoms with E-state index in [4.69, 9.17) is 0 Å². The largest absolute Gasteiger partial charge is 0.394 e. The van der Waals surface area contributed by atoms with Crippen molar-refractivity contribution in [2.24, 2.45) is 5.92 Å². The van der Waals surface area contributed by atoms with E-state index >= 15 is 0 Å². The van der Waals surface area contributed by atoms with Crippen molar-refractivity contribution in [2.75, 3.05) is 6.61 Å². The van der Waals surface area contributed by atoms with Crippen LogP contribution in [0.5, 0.6) is 0 Å². The third-order valence-electron chi connectivity index (χ3n) is 4.13. The van der Waals surface area contributed by atoms with Crippen LogP contribution in [0.2, 0.25) is 0 Å². The summed E-state index contributed by atoms with van der Waals surface area (Å²) in [6, 6.07) is 15.3. The second-order valence-corrected chi connectivity index (χ2v) is 5.65. The molecule has 3 atom stereocenters. The number of halogens is 1. The molecule has 0 bridgehead atoms. The quantitative estimate of drug-likeness (QED) is 0.892. The number of hydrogen-bond donors (Lipinski definition) is 2. The van der Waals surface area contributed by atoms with E-state index in [0.29, 0.717) is 0 Å². The average Bonchev–Trinajstić information content (AvgIpc) is 3.34. The summed E-state index contributed by atoms with van der Waals surface area (Å²) in [7, 11) is 0. The zero-order chi connectivity index (χ0) is 15.5. The zero-order valence-electron chi connectivity index (χ0n) is 12.1. The van der Waals surface area contributed by atoms with Crippen LogP contribution in [0.1, 0.15) is 29.5 Å². The van der Waals surface area contributed by atoms with Crippen LogP contribution in [0.4, 0.5) is 4.39 Å². The number of aliphatic hydroxyl groups excluding tert-OH is 1. The fourth-order valence-corrected chi connectivity index (χ4v) is 2.76. The summed E-state index contributed by atoms with van der Waals surface area (Å²) in [5.74, 6) is -0.272. The zero-order valence-corrected chi connectivity index (χ0v) is 12.1. The fraction of sp³-hybridized carbons (Fsp3) is 0.278. The van der Waals surface area contributed by atoms with Gasteiger partial charge in [-0.1, -0.05) is 42.5 Å². The van der Waals surface area contributed by atoms with Crippen LogP contribution in [0.15, 0.2) is 54.6 Å². The normalized spacial score (nSPS) is 21.2. The number of rotatable bonds is 5. The lowest BCUT2D eigenvalue weighted by Crippen LogP contribution is -2.32. The minimum Gasteiger partial charge on any atom is -0.394 e. The van der Waals surface area contributed by atoms with E-state index in [1.165, 1.54) is 12.1 Å². The number of carbonyl (C=O) groups is 1. The van der Waals surface area contributed by atoms with Crippen molar-refractivity contribution in [1.82, 2.24) is 5.32 Å². The standard InChI is InChI=1S/C18H18FNO2/c19-14-8-6-12(7-9-14)15-10-16(15)18(22)20-17(11-21)13-4-2-1-3-5-13/h1-9,15-17,21H,10-11H2,(H,20,22)/t15-,16+,17-/m0/s1. The average molecular weight is 299 g/mol. The van der Waals surface area contributed by atoms with E-state index in [-0.39, 0.29) is 36.2 Å². The smallest absolute Gasteiger partial charge is 0.224 e. The van der Waals surface area contributed by atoms with Gasteiger partial charge in [-0.15, -0.1) is 0 Å². The Balaban J connectivity index is 1.62. The highest BCUT2D eigenvalue weighted by Crippen LogP contribution is 2.47. The van der Waals surface area contributed by atoms with Crippen molar-refractivity contribution >= 4 is 5.91 Å². The molecule has 1 aliphatic carbocycles. The second kappa shape index (κ2) is 6.28. The third-order valence-corrected chi connectivity index (χ3v) is 4.13. The lowest BCUT2D eigenvalue weighted by molar-refractivity contribution is -0.123. The maximum absolute atomic E-state index is 12.9. The molecule has 0 heterocycles. The maximum Gasteiger partial charge on any atom is 0.224 e. The van der Waals surface area contributed by atoms with Crippen molar-refractivity contribution in [3.05, 3.63) is 71.5 Å². The van der Waals surface area contributed by atoms with Crippen molar-refractivity contribution in [3.8, 4) is 0 Å². The van der Waals surface area contributed by atoms with E-state index in [1.807, 2.05) is 30.3 Å². The lowest BCUT2D eigenvalue weighted by Gasteiger charge is -2.16. The second-order valence-electron chi connectivity index (χ2n) is 5.65. The van der Waals surface area contributed by atoms with Crippen molar-refractivity contribution in [1.29, 1.82) is 0 Å². The molecule has 1 amide bonds. The first-order valence-electron chi connectivity index (χ1n) is 7.40.